The molecule has 0 saturated carbocycles. The first-order chi connectivity index (χ1) is 8.99. The number of anilines is 1. The van der Waals surface area contributed by atoms with E-state index < -0.39 is 0 Å². The van der Waals surface area contributed by atoms with E-state index in [1.54, 1.807) is 0 Å². The number of fused-ring (bicyclic) bond motifs is 1. The van der Waals surface area contributed by atoms with Crippen LogP contribution in [0.1, 0.15) is 30.9 Å². The van der Waals surface area contributed by atoms with Crippen LogP contribution in [-0.4, -0.2) is 7.05 Å². The molecule has 2 nitrogen and oxygen atoms in total. The van der Waals surface area contributed by atoms with E-state index in [1.807, 2.05) is 0 Å². The first-order valence-corrected chi connectivity index (χ1v) is 6.96. The molecule has 0 saturated heterocycles. The van der Waals surface area contributed by atoms with E-state index >= 15 is 0 Å². The van der Waals surface area contributed by atoms with Crippen LogP contribution in [-0.2, 0) is 12.8 Å². The molecule has 0 aromatic heterocycles. The van der Waals surface area contributed by atoms with Crippen molar-refractivity contribution >= 4 is 5.69 Å². The average molecular weight is 256 g/mol. The molecule has 1 heterocycles. The second-order valence-corrected chi connectivity index (χ2v) is 5.61. The lowest BCUT2D eigenvalue weighted by Crippen LogP contribution is -2.19. The molecule has 1 aromatic rings. The minimum Gasteiger partial charge on any atom is -0.403 e. The van der Waals surface area contributed by atoms with Crippen LogP contribution in [0.2, 0.25) is 0 Å². The van der Waals surface area contributed by atoms with Gasteiger partial charge in [-0.15, -0.1) is 0 Å². The quantitative estimate of drug-likeness (QED) is 0.895. The highest BCUT2D eigenvalue weighted by molar-refractivity contribution is 5.60. The summed E-state index contributed by atoms with van der Waals surface area (Å²) in [6.07, 6.45) is 4.11. The zero-order chi connectivity index (χ0) is 14.0. The molecular weight excluding hydrogens is 232 g/mol. The fourth-order valence-corrected chi connectivity index (χ4v) is 2.62. The van der Waals surface area contributed by atoms with Gasteiger partial charge in [0.05, 0.1) is 0 Å². The summed E-state index contributed by atoms with van der Waals surface area (Å²) in [5.41, 5.74) is 11.6. The summed E-state index contributed by atoms with van der Waals surface area (Å²) in [5, 5.41) is 0. The first-order valence-electron chi connectivity index (χ1n) is 6.96. The summed E-state index contributed by atoms with van der Waals surface area (Å²) in [5.74, 6) is 0.546. The van der Waals surface area contributed by atoms with E-state index in [1.165, 1.54) is 28.9 Å². The molecular formula is C17H24N2. The normalized spacial score (nSPS) is 18.9. The molecule has 1 unspecified atom stereocenters. The molecule has 1 aromatic carbocycles. The Hall–Kier alpha value is -1.70. The SMILES string of the molecule is C=C(N)CCc1ccc2c(c1)N(C)C(=C)C(C)CC2. The van der Waals surface area contributed by atoms with Crippen molar-refractivity contribution in [1.29, 1.82) is 0 Å². The average Bonchev–Trinajstić information content (AvgIpc) is 2.49. The summed E-state index contributed by atoms with van der Waals surface area (Å²) in [6.45, 7) is 10.2. The number of hydrogen-bond acceptors (Lipinski definition) is 2. The van der Waals surface area contributed by atoms with Crippen molar-refractivity contribution in [2.45, 2.75) is 32.6 Å². The number of aryl methyl sites for hydroxylation is 2. The van der Waals surface area contributed by atoms with Gasteiger partial charge in [-0.2, -0.15) is 0 Å². The van der Waals surface area contributed by atoms with Gasteiger partial charge in [0, 0.05) is 24.1 Å². The fourth-order valence-electron chi connectivity index (χ4n) is 2.62. The van der Waals surface area contributed by atoms with Gasteiger partial charge in [-0.05, 0) is 48.8 Å². The van der Waals surface area contributed by atoms with Crippen molar-refractivity contribution in [3.8, 4) is 0 Å². The van der Waals surface area contributed by atoms with E-state index in [9.17, 15) is 0 Å². The minimum absolute atomic E-state index is 0.546. The second-order valence-electron chi connectivity index (χ2n) is 5.61. The maximum Gasteiger partial charge on any atom is 0.0440 e. The van der Waals surface area contributed by atoms with Crippen LogP contribution in [0, 0.1) is 5.92 Å². The van der Waals surface area contributed by atoms with Gasteiger partial charge in [-0.1, -0.05) is 32.2 Å². The van der Waals surface area contributed by atoms with Gasteiger partial charge in [0.1, 0.15) is 0 Å². The van der Waals surface area contributed by atoms with Gasteiger partial charge in [0.2, 0.25) is 0 Å². The number of nitrogens with two attached hydrogens (primary N) is 1. The highest BCUT2D eigenvalue weighted by Gasteiger charge is 2.20. The molecule has 1 atom stereocenters. The molecule has 19 heavy (non-hydrogen) atoms. The Morgan fingerprint density at radius 2 is 2.21 bits per heavy atom. The van der Waals surface area contributed by atoms with E-state index in [2.05, 4.69) is 50.2 Å². The smallest absolute Gasteiger partial charge is 0.0440 e. The molecule has 102 valence electrons. The molecule has 2 heteroatoms. The molecule has 2 N–H and O–H groups in total. The first kappa shape index (κ1) is 13.7. The summed E-state index contributed by atoms with van der Waals surface area (Å²) in [7, 11) is 2.12. The zero-order valence-electron chi connectivity index (χ0n) is 12.1. The molecule has 0 fully saturated rings. The lowest BCUT2D eigenvalue weighted by Gasteiger charge is -2.25. The molecule has 0 spiro atoms. The summed E-state index contributed by atoms with van der Waals surface area (Å²) in [4.78, 5) is 2.24. The second kappa shape index (κ2) is 5.52. The Morgan fingerprint density at radius 1 is 1.47 bits per heavy atom. The van der Waals surface area contributed by atoms with Crippen LogP contribution in [0.5, 0.6) is 0 Å². The Balaban J connectivity index is 2.28. The van der Waals surface area contributed by atoms with Crippen LogP contribution in [0.15, 0.2) is 42.8 Å². The van der Waals surface area contributed by atoms with Gasteiger partial charge in [-0.3, -0.25) is 0 Å². The minimum atomic E-state index is 0.546. The number of benzene rings is 1. The third kappa shape index (κ3) is 3.01. The van der Waals surface area contributed by atoms with E-state index in [0.29, 0.717) is 5.92 Å². The van der Waals surface area contributed by atoms with Crippen LogP contribution in [0.25, 0.3) is 0 Å². The highest BCUT2D eigenvalue weighted by Crippen LogP contribution is 2.33. The molecule has 1 aliphatic rings. The van der Waals surface area contributed by atoms with Gasteiger partial charge >= 0.3 is 0 Å². The Kier molecular flexibility index (Phi) is 3.98. The van der Waals surface area contributed by atoms with Crippen molar-refractivity contribution in [2.24, 2.45) is 11.7 Å². The van der Waals surface area contributed by atoms with Crippen LogP contribution in [0.3, 0.4) is 0 Å². The zero-order valence-corrected chi connectivity index (χ0v) is 12.1. The van der Waals surface area contributed by atoms with Crippen LogP contribution < -0.4 is 10.6 Å². The van der Waals surface area contributed by atoms with Gasteiger partial charge in [0.15, 0.2) is 0 Å². The molecule has 2 rings (SSSR count). The monoisotopic (exact) mass is 256 g/mol. The van der Waals surface area contributed by atoms with Gasteiger partial charge in [-0.25, -0.2) is 0 Å². The topological polar surface area (TPSA) is 29.3 Å². The number of hydrogen-bond donors (Lipinski definition) is 1. The van der Waals surface area contributed by atoms with E-state index in [4.69, 9.17) is 5.73 Å². The van der Waals surface area contributed by atoms with E-state index in [0.717, 1.165) is 25.0 Å². The Bertz CT molecular complexity index is 502. The molecule has 0 bridgehead atoms. The molecule has 0 aliphatic carbocycles. The fraction of sp³-hybridized carbons (Fsp3) is 0.412. The van der Waals surface area contributed by atoms with Crippen molar-refractivity contribution < 1.29 is 0 Å². The van der Waals surface area contributed by atoms with Gasteiger partial charge < -0.3 is 10.6 Å². The summed E-state index contributed by atoms with van der Waals surface area (Å²) in [6, 6.07) is 6.75. The summed E-state index contributed by atoms with van der Waals surface area (Å²) < 4.78 is 0. The Morgan fingerprint density at radius 3 is 2.89 bits per heavy atom. The standard InChI is InChI=1S/C17H24N2/c1-12-5-9-16-10-8-15(7-6-13(2)18)11-17(16)19(4)14(12)3/h8,10-12H,2-3,5-7,9,18H2,1,4H3. The van der Waals surface area contributed by atoms with Crippen molar-refractivity contribution in [3.63, 3.8) is 0 Å². The third-order valence-corrected chi connectivity index (χ3v) is 4.09. The molecule has 0 radical (unpaired) electrons. The van der Waals surface area contributed by atoms with Gasteiger partial charge in [0.25, 0.3) is 0 Å². The van der Waals surface area contributed by atoms with Crippen LogP contribution >= 0.6 is 0 Å². The highest BCUT2D eigenvalue weighted by atomic mass is 15.1. The third-order valence-electron chi connectivity index (χ3n) is 4.09. The Labute approximate surface area is 116 Å². The lowest BCUT2D eigenvalue weighted by atomic mass is 9.99. The number of allylic oxidation sites excluding steroid dienone is 2. The van der Waals surface area contributed by atoms with Crippen molar-refractivity contribution in [2.75, 3.05) is 11.9 Å². The maximum atomic E-state index is 5.65. The predicted molar refractivity (Wildman–Crippen MR) is 83.1 cm³/mol. The van der Waals surface area contributed by atoms with Crippen LogP contribution in [0.4, 0.5) is 5.69 Å². The predicted octanol–water partition coefficient (Wildman–Crippen LogP) is 3.62. The summed E-state index contributed by atoms with van der Waals surface area (Å²) >= 11 is 0. The molecule has 1 aliphatic heterocycles. The lowest BCUT2D eigenvalue weighted by molar-refractivity contribution is 0.615. The maximum absolute atomic E-state index is 5.65. The van der Waals surface area contributed by atoms with Crippen molar-refractivity contribution in [3.05, 3.63) is 53.9 Å². The number of rotatable bonds is 3. The largest absolute Gasteiger partial charge is 0.403 e. The number of nitrogens with zero attached hydrogens (tertiary/aromatic N) is 1. The van der Waals surface area contributed by atoms with E-state index in [-0.39, 0.29) is 0 Å². The molecule has 0 amide bonds. The van der Waals surface area contributed by atoms with Crippen molar-refractivity contribution in [1.82, 2.24) is 0 Å².